The topological polar surface area (TPSA) is 57.8 Å². The Morgan fingerprint density at radius 1 is 1.05 bits per heavy atom. The van der Waals surface area contributed by atoms with Crippen molar-refractivity contribution in [1.29, 1.82) is 0 Å². The number of nitrogens with zero attached hydrogens (tertiary/aromatic N) is 1. The first kappa shape index (κ1) is 14.5. The maximum atomic E-state index is 13.5. The van der Waals surface area contributed by atoms with Gasteiger partial charge in [-0.25, -0.2) is 22.0 Å². The van der Waals surface area contributed by atoms with Gasteiger partial charge >= 0.3 is 0 Å². The van der Waals surface area contributed by atoms with Crippen molar-refractivity contribution in [2.45, 2.75) is 18.8 Å². The third-order valence-corrected chi connectivity index (χ3v) is 3.29. The molecule has 1 aliphatic rings. The number of aromatic nitrogens is 2. The van der Waals surface area contributed by atoms with Crippen molar-refractivity contribution in [1.82, 2.24) is 10.2 Å². The van der Waals surface area contributed by atoms with Gasteiger partial charge < -0.3 is 5.32 Å². The fourth-order valence-corrected chi connectivity index (χ4v) is 1.99. The number of aromatic amines is 1. The maximum absolute atomic E-state index is 13.5. The molecule has 4 nitrogen and oxygen atoms in total. The van der Waals surface area contributed by atoms with Crippen LogP contribution in [0.15, 0.2) is 6.07 Å². The third-order valence-electron chi connectivity index (χ3n) is 3.29. The van der Waals surface area contributed by atoms with E-state index < -0.39 is 40.6 Å². The van der Waals surface area contributed by atoms with Crippen LogP contribution in [0.25, 0.3) is 0 Å². The van der Waals surface area contributed by atoms with E-state index in [0.29, 0.717) is 0 Å². The van der Waals surface area contributed by atoms with E-state index in [2.05, 4.69) is 10.2 Å². The van der Waals surface area contributed by atoms with Crippen molar-refractivity contribution in [2.75, 3.05) is 5.32 Å². The van der Waals surface area contributed by atoms with Crippen molar-refractivity contribution in [3.63, 3.8) is 0 Å². The average Bonchev–Trinajstić information content (AvgIpc) is 3.24. The number of benzene rings is 1. The Kier molecular flexibility index (Phi) is 3.34. The second kappa shape index (κ2) is 5.08. The molecule has 0 radical (unpaired) electrons. The Hall–Kier alpha value is -2.45. The lowest BCUT2D eigenvalue weighted by Crippen LogP contribution is -2.19. The normalized spacial score (nSPS) is 14.2. The zero-order chi connectivity index (χ0) is 16.0. The molecule has 1 aliphatic carbocycles. The molecule has 22 heavy (non-hydrogen) atoms. The number of hydrogen-bond donors (Lipinski definition) is 2. The number of anilines is 1. The molecular formula is C13H8F5N3O. The lowest BCUT2D eigenvalue weighted by Gasteiger charge is -2.07. The largest absolute Gasteiger partial charge is 0.305 e. The highest BCUT2D eigenvalue weighted by molar-refractivity contribution is 6.04. The number of H-pyrrole nitrogens is 1. The van der Waals surface area contributed by atoms with Gasteiger partial charge in [-0.2, -0.15) is 5.10 Å². The summed E-state index contributed by atoms with van der Waals surface area (Å²) in [5, 5.41) is 8.33. The second-order valence-corrected chi connectivity index (χ2v) is 4.88. The van der Waals surface area contributed by atoms with E-state index in [4.69, 9.17) is 0 Å². The summed E-state index contributed by atoms with van der Waals surface area (Å²) in [6.07, 6.45) is 1.90. The van der Waals surface area contributed by atoms with Crippen LogP contribution < -0.4 is 5.32 Å². The molecule has 1 aromatic carbocycles. The SMILES string of the molecule is O=C(Nc1cc(C2CC2)[nH]n1)c1c(F)c(F)c(F)c(F)c1F. The highest BCUT2D eigenvalue weighted by Gasteiger charge is 2.30. The molecule has 1 fully saturated rings. The molecule has 3 rings (SSSR count). The highest BCUT2D eigenvalue weighted by atomic mass is 19.2. The Balaban J connectivity index is 1.91. The maximum Gasteiger partial charge on any atom is 0.263 e. The van der Waals surface area contributed by atoms with Crippen LogP contribution in [0, 0.1) is 29.1 Å². The molecule has 0 bridgehead atoms. The number of rotatable bonds is 3. The van der Waals surface area contributed by atoms with E-state index in [0.717, 1.165) is 18.5 Å². The number of carbonyl (C=O) groups is 1. The van der Waals surface area contributed by atoms with E-state index >= 15 is 0 Å². The number of halogens is 5. The van der Waals surface area contributed by atoms with E-state index in [-0.39, 0.29) is 11.7 Å². The quantitative estimate of drug-likeness (QED) is 0.519. The summed E-state index contributed by atoms with van der Waals surface area (Å²) in [6, 6.07) is 1.45. The molecule has 1 saturated carbocycles. The standard InChI is InChI=1S/C13H8F5N3O/c14-8-7(9(15)11(17)12(18)10(8)16)13(22)19-6-3-5(20-21-6)4-1-2-4/h3-4H,1-2H2,(H2,19,20,21,22). The van der Waals surface area contributed by atoms with Crippen molar-refractivity contribution in [3.05, 3.63) is 46.4 Å². The van der Waals surface area contributed by atoms with Crippen molar-refractivity contribution in [2.24, 2.45) is 0 Å². The molecular weight excluding hydrogens is 309 g/mol. The van der Waals surface area contributed by atoms with E-state index in [1.165, 1.54) is 6.07 Å². The second-order valence-electron chi connectivity index (χ2n) is 4.88. The van der Waals surface area contributed by atoms with Crippen LogP contribution in [-0.4, -0.2) is 16.1 Å². The number of nitrogens with one attached hydrogen (secondary N) is 2. The fraction of sp³-hybridized carbons (Fsp3) is 0.231. The van der Waals surface area contributed by atoms with Gasteiger partial charge in [0.1, 0.15) is 5.56 Å². The van der Waals surface area contributed by atoms with Crippen LogP contribution in [0.2, 0.25) is 0 Å². The molecule has 1 heterocycles. The minimum Gasteiger partial charge on any atom is -0.305 e. The Labute approximate surface area is 120 Å². The Morgan fingerprint density at radius 3 is 2.14 bits per heavy atom. The van der Waals surface area contributed by atoms with Crippen LogP contribution in [0.3, 0.4) is 0 Å². The number of amides is 1. The molecule has 116 valence electrons. The predicted octanol–water partition coefficient (Wildman–Crippen LogP) is 3.23. The van der Waals surface area contributed by atoms with Crippen molar-refractivity contribution in [3.8, 4) is 0 Å². The first-order chi connectivity index (χ1) is 10.4. The molecule has 1 amide bonds. The summed E-state index contributed by atoms with van der Waals surface area (Å²) in [6.45, 7) is 0. The van der Waals surface area contributed by atoms with Crippen molar-refractivity contribution < 1.29 is 26.7 Å². The van der Waals surface area contributed by atoms with Crippen LogP contribution in [0.5, 0.6) is 0 Å². The van der Waals surface area contributed by atoms with Gasteiger partial charge in [-0.05, 0) is 12.8 Å². The van der Waals surface area contributed by atoms with Gasteiger partial charge in [0.05, 0.1) is 0 Å². The first-order valence-electron chi connectivity index (χ1n) is 6.28. The number of hydrogen-bond acceptors (Lipinski definition) is 2. The summed E-state index contributed by atoms with van der Waals surface area (Å²) < 4.78 is 66.0. The summed E-state index contributed by atoms with van der Waals surface area (Å²) in [4.78, 5) is 11.8. The highest BCUT2D eigenvalue weighted by Crippen LogP contribution is 2.39. The van der Waals surface area contributed by atoms with Crippen LogP contribution >= 0.6 is 0 Å². The van der Waals surface area contributed by atoms with Gasteiger partial charge in [0, 0.05) is 17.7 Å². The summed E-state index contributed by atoms with van der Waals surface area (Å²) in [7, 11) is 0. The lowest BCUT2D eigenvalue weighted by atomic mass is 10.1. The summed E-state index contributed by atoms with van der Waals surface area (Å²) in [5.41, 5.74) is -0.819. The van der Waals surface area contributed by atoms with Crippen LogP contribution in [0.4, 0.5) is 27.8 Å². The van der Waals surface area contributed by atoms with Gasteiger partial charge in [0.25, 0.3) is 5.91 Å². The Bertz CT molecular complexity index is 740. The zero-order valence-electron chi connectivity index (χ0n) is 10.8. The number of carbonyl (C=O) groups excluding carboxylic acids is 1. The van der Waals surface area contributed by atoms with E-state index in [1.807, 2.05) is 5.32 Å². The van der Waals surface area contributed by atoms with Crippen LogP contribution in [-0.2, 0) is 0 Å². The zero-order valence-corrected chi connectivity index (χ0v) is 10.8. The van der Waals surface area contributed by atoms with Gasteiger partial charge in [-0.1, -0.05) is 0 Å². The molecule has 0 unspecified atom stereocenters. The van der Waals surface area contributed by atoms with E-state index in [1.54, 1.807) is 0 Å². The molecule has 2 aromatic rings. The minimum atomic E-state index is -2.32. The van der Waals surface area contributed by atoms with Gasteiger partial charge in [0.2, 0.25) is 5.82 Å². The molecule has 0 spiro atoms. The molecule has 0 aliphatic heterocycles. The molecule has 0 saturated heterocycles. The van der Waals surface area contributed by atoms with Crippen molar-refractivity contribution >= 4 is 11.7 Å². The molecule has 9 heteroatoms. The van der Waals surface area contributed by atoms with E-state index in [9.17, 15) is 26.7 Å². The minimum absolute atomic E-state index is 0.0594. The third kappa shape index (κ3) is 2.32. The van der Waals surface area contributed by atoms with Gasteiger partial charge in [0.15, 0.2) is 29.1 Å². The monoisotopic (exact) mass is 317 g/mol. The smallest absolute Gasteiger partial charge is 0.263 e. The summed E-state index contributed by atoms with van der Waals surface area (Å²) >= 11 is 0. The lowest BCUT2D eigenvalue weighted by molar-refractivity contribution is 0.101. The first-order valence-corrected chi connectivity index (χ1v) is 6.28. The predicted molar refractivity (Wildman–Crippen MR) is 64.7 cm³/mol. The summed E-state index contributed by atoms with van der Waals surface area (Å²) in [5.74, 6) is -12.3. The fourth-order valence-electron chi connectivity index (χ4n) is 1.99. The van der Waals surface area contributed by atoms with Gasteiger partial charge in [-0.15, -0.1) is 0 Å². The molecule has 1 aromatic heterocycles. The Morgan fingerprint density at radius 2 is 1.59 bits per heavy atom. The molecule has 2 N–H and O–H groups in total. The van der Waals surface area contributed by atoms with Crippen LogP contribution in [0.1, 0.15) is 34.8 Å². The van der Waals surface area contributed by atoms with Gasteiger partial charge in [-0.3, -0.25) is 9.89 Å². The average molecular weight is 317 g/mol. The molecule has 0 atom stereocenters.